The lowest BCUT2D eigenvalue weighted by molar-refractivity contribution is -0.134. The van der Waals surface area contributed by atoms with Crippen LogP contribution in [0.4, 0.5) is 23.2 Å². The summed E-state index contributed by atoms with van der Waals surface area (Å²) in [5, 5.41) is 6.79. The Bertz CT molecular complexity index is 2250. The summed E-state index contributed by atoms with van der Waals surface area (Å²) in [4.78, 5) is 39.6. The van der Waals surface area contributed by atoms with Gasteiger partial charge in [0.05, 0.1) is 35.8 Å². The molecule has 11 nitrogen and oxygen atoms in total. The van der Waals surface area contributed by atoms with Crippen LogP contribution in [0.25, 0.3) is 22.6 Å². The van der Waals surface area contributed by atoms with Gasteiger partial charge in [-0.25, -0.2) is 27.5 Å². The Morgan fingerprint density at radius 1 is 1.02 bits per heavy atom. The Morgan fingerprint density at radius 3 is 2.40 bits per heavy atom. The highest BCUT2D eigenvalue weighted by Gasteiger charge is 2.45. The van der Waals surface area contributed by atoms with Crippen molar-refractivity contribution in [2.45, 2.75) is 56.8 Å². The number of halogens is 5. The number of piperidine rings is 3. The number of alkyl halides is 2. The Kier molecular flexibility index (Phi) is 9.78. The van der Waals surface area contributed by atoms with Crippen molar-refractivity contribution in [2.24, 2.45) is 13.0 Å². The maximum Gasteiger partial charge on any atom is 0.267 e. The number of aryl methyl sites for hydroxylation is 2. The number of carbonyl (C=O) groups is 2. The largest absolute Gasteiger partial charge is 0.453 e. The van der Waals surface area contributed by atoms with Crippen LogP contribution in [0.1, 0.15) is 60.8 Å². The third-order valence-corrected chi connectivity index (χ3v) is 11.3. The van der Waals surface area contributed by atoms with Crippen LogP contribution in [0.2, 0.25) is 5.02 Å². The molecular formula is C39H39ClF4N8O3. The number of aromatic nitrogens is 5. The summed E-state index contributed by atoms with van der Waals surface area (Å²) >= 11 is 6.50. The zero-order chi connectivity index (χ0) is 38.6. The quantitative estimate of drug-likeness (QED) is 0.125. The summed E-state index contributed by atoms with van der Waals surface area (Å²) in [6.07, 6.45) is 5.03. The number of hydrogen-bond donors (Lipinski definition) is 2. The van der Waals surface area contributed by atoms with E-state index in [9.17, 15) is 9.59 Å². The number of benzene rings is 2. The number of pyridine rings is 1. The van der Waals surface area contributed by atoms with Crippen LogP contribution in [0, 0.1) is 24.5 Å². The molecule has 2 amide bonds. The summed E-state index contributed by atoms with van der Waals surface area (Å²) in [5.74, 6) is -6.30. The van der Waals surface area contributed by atoms with Crippen molar-refractivity contribution in [3.05, 3.63) is 82.3 Å². The molecule has 1 unspecified atom stereocenters. The predicted molar refractivity (Wildman–Crippen MR) is 198 cm³/mol. The monoisotopic (exact) mass is 778 g/mol. The van der Waals surface area contributed by atoms with Crippen LogP contribution < -0.4 is 15.0 Å². The number of imidazole rings is 1. The molecular weight excluding hydrogens is 740 g/mol. The Hall–Kier alpha value is -5.02. The minimum Gasteiger partial charge on any atom is -0.453 e. The highest BCUT2D eigenvalue weighted by atomic mass is 35.5. The van der Waals surface area contributed by atoms with E-state index in [0.29, 0.717) is 78.8 Å². The second kappa shape index (κ2) is 14.6. The van der Waals surface area contributed by atoms with E-state index < -0.39 is 41.2 Å². The molecule has 8 rings (SSSR count). The molecule has 3 saturated heterocycles. The Morgan fingerprint density at radius 2 is 1.75 bits per heavy atom. The van der Waals surface area contributed by atoms with Crippen LogP contribution in [0.5, 0.6) is 11.5 Å². The van der Waals surface area contributed by atoms with E-state index in [0.717, 1.165) is 11.3 Å². The first-order valence-electron chi connectivity index (χ1n) is 18.3. The number of likely N-dealkylation sites (tertiary alicyclic amines) is 1. The molecule has 3 aliphatic heterocycles. The number of imide groups is 1. The van der Waals surface area contributed by atoms with Gasteiger partial charge >= 0.3 is 0 Å². The number of hydrogen-bond acceptors (Lipinski definition) is 8. The van der Waals surface area contributed by atoms with Gasteiger partial charge in [0.2, 0.25) is 11.8 Å². The number of ether oxygens (including phenoxy) is 1. The number of carbonyl (C=O) groups excluding carboxylic acids is 2. The molecule has 0 saturated carbocycles. The molecule has 0 radical (unpaired) electrons. The molecule has 16 heteroatoms. The first-order valence-corrected chi connectivity index (χ1v) is 18.7. The van der Waals surface area contributed by atoms with Crippen molar-refractivity contribution >= 4 is 40.3 Å². The van der Waals surface area contributed by atoms with Gasteiger partial charge in [-0.2, -0.15) is 5.10 Å². The summed E-state index contributed by atoms with van der Waals surface area (Å²) < 4.78 is 69.6. The second-order valence-electron chi connectivity index (χ2n) is 14.8. The van der Waals surface area contributed by atoms with Crippen molar-refractivity contribution in [1.82, 2.24) is 34.9 Å². The number of aromatic amines is 1. The number of rotatable bonds is 8. The number of H-pyrrole nitrogens is 1. The van der Waals surface area contributed by atoms with Gasteiger partial charge < -0.3 is 14.6 Å². The lowest BCUT2D eigenvalue weighted by Crippen LogP contribution is -2.49. The van der Waals surface area contributed by atoms with Crippen LogP contribution in [-0.2, 0) is 16.6 Å². The first kappa shape index (κ1) is 36.9. The number of amides is 2. The molecule has 2 N–H and O–H groups in total. The number of anilines is 1. The molecule has 0 spiro atoms. The molecule has 0 bridgehead atoms. The van der Waals surface area contributed by atoms with E-state index in [4.69, 9.17) is 16.3 Å². The zero-order valence-corrected chi connectivity index (χ0v) is 31.0. The molecule has 3 aromatic heterocycles. The smallest absolute Gasteiger partial charge is 0.267 e. The normalized spacial score (nSPS) is 21.0. The van der Waals surface area contributed by atoms with E-state index in [1.54, 1.807) is 28.9 Å². The summed E-state index contributed by atoms with van der Waals surface area (Å²) in [6.45, 7) is 3.58. The third kappa shape index (κ3) is 7.39. The van der Waals surface area contributed by atoms with Crippen molar-refractivity contribution in [3.8, 4) is 22.9 Å². The van der Waals surface area contributed by atoms with Gasteiger partial charge in [0, 0.05) is 50.6 Å². The average Bonchev–Trinajstić information content (AvgIpc) is 3.72. The van der Waals surface area contributed by atoms with Gasteiger partial charge in [-0.05, 0) is 74.9 Å². The van der Waals surface area contributed by atoms with Gasteiger partial charge in [-0.1, -0.05) is 23.7 Å². The van der Waals surface area contributed by atoms with Gasteiger partial charge in [-0.3, -0.25) is 24.5 Å². The Balaban J connectivity index is 0.867. The fraction of sp³-hybridized carbons (Fsp3) is 0.410. The lowest BCUT2D eigenvalue weighted by atomic mass is 9.85. The molecule has 2 aromatic carbocycles. The van der Waals surface area contributed by atoms with Crippen LogP contribution in [-0.4, -0.2) is 80.1 Å². The number of nitrogens with zero attached hydrogens (tertiary/aromatic N) is 6. The first-order chi connectivity index (χ1) is 26.3. The van der Waals surface area contributed by atoms with E-state index in [-0.39, 0.29) is 42.3 Å². The molecule has 2 atom stereocenters. The fourth-order valence-electron chi connectivity index (χ4n) is 8.23. The second-order valence-corrected chi connectivity index (χ2v) is 15.2. The number of fused-ring (bicyclic) bond motifs is 1. The maximum atomic E-state index is 15.7. The summed E-state index contributed by atoms with van der Waals surface area (Å²) in [5.41, 5.74) is 3.09. The molecule has 55 heavy (non-hydrogen) atoms. The van der Waals surface area contributed by atoms with Crippen LogP contribution in [0.15, 0.2) is 48.8 Å². The fourth-order valence-corrected chi connectivity index (χ4v) is 8.41. The van der Waals surface area contributed by atoms with Crippen molar-refractivity contribution in [2.75, 3.05) is 37.6 Å². The SMILES string of the molecule is Cc1nn(C)cc1-c1nc2ncc(Cl)c(Oc3ccc(C4CCN(CC5CCN(c6cc(F)c([C@H]7CCC(=O)NC7=O)c(F)c6)CC5)CC4(F)F)cc3)c2[nH]1. The lowest BCUT2D eigenvalue weighted by Gasteiger charge is -2.41. The van der Waals surface area contributed by atoms with Gasteiger partial charge in [0.1, 0.15) is 33.7 Å². The predicted octanol–water partition coefficient (Wildman–Crippen LogP) is 7.25. The minimum atomic E-state index is -2.96. The number of nitrogens with one attached hydrogen (secondary N) is 2. The van der Waals surface area contributed by atoms with Crippen LogP contribution >= 0.6 is 11.6 Å². The molecule has 0 aliphatic carbocycles. The van der Waals surface area contributed by atoms with E-state index in [1.807, 2.05) is 30.0 Å². The molecule has 3 aliphatic rings. The molecule has 5 aromatic rings. The maximum absolute atomic E-state index is 15.7. The van der Waals surface area contributed by atoms with Crippen LogP contribution in [0.3, 0.4) is 0 Å². The molecule has 3 fully saturated rings. The highest BCUT2D eigenvalue weighted by Crippen LogP contribution is 2.43. The standard InChI is InChI=1S/C39H39ClF4N8O3/c1-21-27(19-50(2)49-21)36-47-34-35(29(40)17-45-37(34)48-36)55-25-5-3-23(4-6-25)28-11-12-51(20-39(28,43)44)18-22-9-13-52(14-10-22)24-15-30(41)33(31(42)16-24)26-7-8-32(53)46-38(26)54/h3-6,15-17,19,22,26,28H,7-14,18,20H2,1-2H3,(H,45,47,48)(H,46,53,54)/t26-,28?/m1/s1. The third-order valence-electron chi connectivity index (χ3n) is 11.0. The van der Waals surface area contributed by atoms with Gasteiger partial charge in [-0.15, -0.1) is 0 Å². The topological polar surface area (TPSA) is 121 Å². The minimum absolute atomic E-state index is 0.0200. The highest BCUT2D eigenvalue weighted by molar-refractivity contribution is 6.32. The average molecular weight is 779 g/mol. The van der Waals surface area contributed by atoms with E-state index in [1.165, 1.54) is 18.3 Å². The van der Waals surface area contributed by atoms with E-state index >= 15 is 17.6 Å². The van der Waals surface area contributed by atoms with Crippen molar-refractivity contribution in [3.63, 3.8) is 0 Å². The summed E-state index contributed by atoms with van der Waals surface area (Å²) in [6, 6.07) is 9.14. The van der Waals surface area contributed by atoms with Gasteiger partial charge in [0.25, 0.3) is 5.92 Å². The Labute approximate surface area is 319 Å². The van der Waals surface area contributed by atoms with Crippen molar-refractivity contribution in [1.29, 1.82) is 0 Å². The van der Waals surface area contributed by atoms with Crippen molar-refractivity contribution < 1.29 is 31.9 Å². The zero-order valence-electron chi connectivity index (χ0n) is 30.2. The molecule has 288 valence electrons. The van der Waals surface area contributed by atoms with Gasteiger partial charge in [0.15, 0.2) is 11.4 Å². The summed E-state index contributed by atoms with van der Waals surface area (Å²) in [7, 11) is 1.82. The molecule has 6 heterocycles. The van der Waals surface area contributed by atoms with E-state index in [2.05, 4.69) is 25.4 Å².